The van der Waals surface area contributed by atoms with Crippen molar-refractivity contribution >= 4 is 11.9 Å². The van der Waals surface area contributed by atoms with Gasteiger partial charge in [0, 0.05) is 13.0 Å². The third kappa shape index (κ3) is 22.5. The van der Waals surface area contributed by atoms with Crippen molar-refractivity contribution in [3.05, 3.63) is 0 Å². The van der Waals surface area contributed by atoms with E-state index in [0.29, 0.717) is 18.9 Å². The Labute approximate surface area is 288 Å². The van der Waals surface area contributed by atoms with Crippen molar-refractivity contribution in [3.63, 3.8) is 0 Å². The van der Waals surface area contributed by atoms with Crippen LogP contribution in [0.3, 0.4) is 0 Å². The topological polar surface area (TPSA) is 55.8 Å². The Morgan fingerprint density at radius 2 is 1.02 bits per heavy atom. The van der Waals surface area contributed by atoms with Crippen molar-refractivity contribution in [1.29, 1.82) is 0 Å². The van der Waals surface area contributed by atoms with Crippen LogP contribution in [0.2, 0.25) is 0 Å². The van der Waals surface area contributed by atoms with Gasteiger partial charge >= 0.3 is 11.9 Å². The number of carbonyl (C=O) groups excluding carboxylic acids is 2. The number of nitrogens with zero attached hydrogens (tertiary/aromatic N) is 1. The van der Waals surface area contributed by atoms with Crippen molar-refractivity contribution < 1.29 is 19.1 Å². The fraction of sp³-hybridized carbons (Fsp3) is 0.951. The van der Waals surface area contributed by atoms with Gasteiger partial charge in [-0.1, -0.05) is 137 Å². The van der Waals surface area contributed by atoms with Crippen molar-refractivity contribution in [2.45, 2.75) is 209 Å². The lowest BCUT2D eigenvalue weighted by atomic mass is 9.67. The maximum atomic E-state index is 13.5. The molecule has 0 aliphatic carbocycles. The second kappa shape index (κ2) is 27.8. The van der Waals surface area contributed by atoms with E-state index >= 15 is 0 Å². The zero-order chi connectivity index (χ0) is 34.7. The molecule has 0 amide bonds. The second-order valence-electron chi connectivity index (χ2n) is 15.9. The molecule has 0 heterocycles. The van der Waals surface area contributed by atoms with Crippen LogP contribution in [0.15, 0.2) is 0 Å². The summed E-state index contributed by atoms with van der Waals surface area (Å²) in [4.78, 5) is 28.1. The van der Waals surface area contributed by atoms with Gasteiger partial charge in [0.15, 0.2) is 0 Å². The molecule has 5 heteroatoms. The van der Waals surface area contributed by atoms with E-state index in [1.807, 2.05) is 0 Å². The first-order valence-electron chi connectivity index (χ1n) is 19.9. The summed E-state index contributed by atoms with van der Waals surface area (Å²) < 4.78 is 11.9. The minimum Gasteiger partial charge on any atom is -0.466 e. The smallest absolute Gasteiger partial charge is 0.312 e. The summed E-state index contributed by atoms with van der Waals surface area (Å²) in [5.41, 5.74) is -0.735. The Hall–Kier alpha value is -1.10. The first-order chi connectivity index (χ1) is 21.9. The molecule has 2 atom stereocenters. The Balaban J connectivity index is 4.53. The van der Waals surface area contributed by atoms with Crippen molar-refractivity contribution in [2.75, 3.05) is 27.2 Å². The summed E-state index contributed by atoms with van der Waals surface area (Å²) >= 11 is 0. The van der Waals surface area contributed by atoms with E-state index in [-0.39, 0.29) is 23.5 Å². The van der Waals surface area contributed by atoms with E-state index in [9.17, 15) is 9.59 Å². The SMILES string of the molecule is CCCCCCCCCC(CCCCCCCCOC(=O)CC(CCCC)CCCCCC)OC(=O)C(C)(C)C(C)(C)CN(C)C. The van der Waals surface area contributed by atoms with Crippen LogP contribution in [0, 0.1) is 16.7 Å². The van der Waals surface area contributed by atoms with Gasteiger partial charge in [-0.05, 0) is 84.2 Å². The molecule has 0 aromatic carbocycles. The summed E-state index contributed by atoms with van der Waals surface area (Å²) in [5.74, 6) is 0.454. The van der Waals surface area contributed by atoms with Crippen LogP contribution < -0.4 is 0 Å². The number of ether oxygens (including phenoxy) is 2. The molecule has 0 N–H and O–H groups in total. The Morgan fingerprint density at radius 3 is 1.54 bits per heavy atom. The largest absolute Gasteiger partial charge is 0.466 e. The van der Waals surface area contributed by atoms with Crippen LogP contribution in [0.1, 0.15) is 203 Å². The molecule has 0 aromatic rings. The van der Waals surface area contributed by atoms with Crippen LogP contribution >= 0.6 is 0 Å². The molecule has 0 bridgehead atoms. The quantitative estimate of drug-likeness (QED) is 0.0535. The van der Waals surface area contributed by atoms with Gasteiger partial charge in [-0.25, -0.2) is 0 Å². The van der Waals surface area contributed by atoms with E-state index in [1.165, 1.54) is 96.3 Å². The summed E-state index contributed by atoms with van der Waals surface area (Å²) in [5, 5.41) is 0. The van der Waals surface area contributed by atoms with Gasteiger partial charge in [0.1, 0.15) is 6.10 Å². The summed E-state index contributed by atoms with van der Waals surface area (Å²) in [6, 6.07) is 0. The molecule has 0 rings (SSSR count). The molecule has 0 radical (unpaired) electrons. The fourth-order valence-corrected chi connectivity index (χ4v) is 6.52. The third-order valence-corrected chi connectivity index (χ3v) is 10.4. The highest BCUT2D eigenvalue weighted by molar-refractivity contribution is 5.77. The van der Waals surface area contributed by atoms with E-state index in [0.717, 1.165) is 57.9 Å². The number of carbonyl (C=O) groups is 2. The average Bonchev–Trinajstić information content (AvgIpc) is 2.99. The number of esters is 2. The molecule has 274 valence electrons. The molecular weight excluding hydrogens is 570 g/mol. The van der Waals surface area contributed by atoms with Crippen LogP contribution in [-0.2, 0) is 19.1 Å². The predicted molar refractivity (Wildman–Crippen MR) is 198 cm³/mol. The molecule has 0 aliphatic heterocycles. The molecule has 5 nitrogen and oxygen atoms in total. The second-order valence-corrected chi connectivity index (χ2v) is 15.9. The molecule has 0 fully saturated rings. The van der Waals surface area contributed by atoms with E-state index in [4.69, 9.17) is 9.47 Å². The minimum absolute atomic E-state index is 0.00595. The van der Waals surface area contributed by atoms with Crippen LogP contribution in [0.5, 0.6) is 0 Å². The highest BCUT2D eigenvalue weighted by Gasteiger charge is 2.45. The highest BCUT2D eigenvalue weighted by Crippen LogP contribution is 2.40. The maximum absolute atomic E-state index is 13.5. The molecule has 0 saturated heterocycles. The zero-order valence-electron chi connectivity index (χ0n) is 32.6. The summed E-state index contributed by atoms with van der Waals surface area (Å²) in [6.07, 6.45) is 28.0. The Bertz CT molecular complexity index is 732. The minimum atomic E-state index is -0.551. The first kappa shape index (κ1) is 44.9. The summed E-state index contributed by atoms with van der Waals surface area (Å²) in [6.45, 7) is 16.6. The van der Waals surface area contributed by atoms with Gasteiger partial charge in [0.2, 0.25) is 0 Å². The van der Waals surface area contributed by atoms with Crippen LogP contribution in [-0.4, -0.2) is 50.2 Å². The Kier molecular flexibility index (Phi) is 27.1. The van der Waals surface area contributed by atoms with Gasteiger partial charge < -0.3 is 14.4 Å². The number of hydrogen-bond acceptors (Lipinski definition) is 5. The lowest BCUT2D eigenvalue weighted by Crippen LogP contribution is -2.47. The third-order valence-electron chi connectivity index (χ3n) is 10.4. The van der Waals surface area contributed by atoms with Crippen LogP contribution in [0.25, 0.3) is 0 Å². The van der Waals surface area contributed by atoms with Crippen molar-refractivity contribution in [2.24, 2.45) is 16.7 Å². The van der Waals surface area contributed by atoms with Gasteiger partial charge in [0.05, 0.1) is 12.0 Å². The van der Waals surface area contributed by atoms with Gasteiger partial charge in [-0.15, -0.1) is 0 Å². The zero-order valence-corrected chi connectivity index (χ0v) is 32.6. The van der Waals surface area contributed by atoms with Gasteiger partial charge in [-0.3, -0.25) is 9.59 Å². The van der Waals surface area contributed by atoms with Gasteiger partial charge in [0.25, 0.3) is 0 Å². The molecule has 46 heavy (non-hydrogen) atoms. The normalized spacial score (nSPS) is 13.6. The van der Waals surface area contributed by atoms with E-state index in [1.54, 1.807) is 0 Å². The maximum Gasteiger partial charge on any atom is 0.312 e. The lowest BCUT2D eigenvalue weighted by molar-refractivity contribution is -0.168. The standard InChI is InChI=1S/C41H81NO4/c1-10-13-16-18-19-22-26-31-37(46-39(44)41(6,7)40(4,5)35-42(8)9)32-27-23-20-21-24-28-33-45-38(43)34-36(29-15-12-3)30-25-17-14-11-2/h36-37H,10-35H2,1-9H3. The number of unbranched alkanes of at least 4 members (excludes halogenated alkanes) is 15. The molecule has 0 spiro atoms. The Morgan fingerprint density at radius 1 is 0.587 bits per heavy atom. The van der Waals surface area contributed by atoms with Crippen molar-refractivity contribution in [1.82, 2.24) is 4.90 Å². The van der Waals surface area contributed by atoms with Gasteiger partial charge in [-0.2, -0.15) is 0 Å². The molecular formula is C41H81NO4. The molecule has 2 unspecified atom stereocenters. The fourth-order valence-electron chi connectivity index (χ4n) is 6.52. The van der Waals surface area contributed by atoms with Crippen LogP contribution in [0.4, 0.5) is 0 Å². The number of hydrogen-bond donors (Lipinski definition) is 0. The average molecular weight is 652 g/mol. The molecule has 0 aliphatic rings. The first-order valence-corrected chi connectivity index (χ1v) is 19.9. The van der Waals surface area contributed by atoms with E-state index in [2.05, 4.69) is 67.5 Å². The number of rotatable bonds is 32. The monoisotopic (exact) mass is 652 g/mol. The predicted octanol–water partition coefficient (Wildman–Crippen LogP) is 12.1. The molecule has 0 aromatic heterocycles. The summed E-state index contributed by atoms with van der Waals surface area (Å²) in [7, 11) is 4.14. The molecule has 0 saturated carbocycles. The van der Waals surface area contributed by atoms with E-state index < -0.39 is 5.41 Å². The lowest BCUT2D eigenvalue weighted by Gasteiger charge is -2.41. The highest BCUT2D eigenvalue weighted by atomic mass is 16.5. The van der Waals surface area contributed by atoms with Crippen molar-refractivity contribution in [3.8, 4) is 0 Å².